The van der Waals surface area contributed by atoms with Crippen LogP contribution in [-0.4, -0.2) is 14.5 Å². The number of hydrogen-bond acceptors (Lipinski definition) is 4. The van der Waals surface area contributed by atoms with Crippen LogP contribution >= 0.6 is 0 Å². The first-order chi connectivity index (χ1) is 33.1. The van der Waals surface area contributed by atoms with E-state index in [9.17, 15) is 0 Å². The fraction of sp³-hybridized carbons (Fsp3) is 0. The molecule has 2 heterocycles. The first-order valence-corrected chi connectivity index (χ1v) is 22.0. The Morgan fingerprint density at radius 2 is 0.761 bits per heavy atom. The van der Waals surface area contributed by atoms with Gasteiger partial charge in [0.25, 0.3) is 0 Å². The molecule has 0 atom stereocenters. The minimum absolute atomic E-state index is 0.504. The largest absolute Gasteiger partial charge is 0.310 e. The molecule has 0 unspecified atom stereocenters. The van der Waals surface area contributed by atoms with E-state index in [1.54, 1.807) is 12.1 Å². The maximum absolute atomic E-state index is 7.64. The van der Waals surface area contributed by atoms with Crippen molar-refractivity contribution in [3.63, 3.8) is 0 Å². The number of benzene rings is 9. The van der Waals surface area contributed by atoms with Gasteiger partial charge in [0.2, 0.25) is 0 Å². The van der Waals surface area contributed by atoms with Crippen LogP contribution in [0.5, 0.6) is 0 Å². The van der Waals surface area contributed by atoms with Gasteiger partial charge in [0.15, 0.2) is 17.2 Å². The van der Waals surface area contributed by atoms with Crippen molar-refractivity contribution in [1.29, 1.82) is 0 Å². The number of aromatic nitrogens is 3. The van der Waals surface area contributed by atoms with E-state index in [0.29, 0.717) is 22.9 Å². The molecule has 0 N–H and O–H groups in total. The van der Waals surface area contributed by atoms with Crippen molar-refractivity contribution in [1.82, 2.24) is 14.5 Å². The first-order valence-electron chi connectivity index (χ1n) is 22.0. The summed E-state index contributed by atoms with van der Waals surface area (Å²) in [6.07, 6.45) is 0. The molecular formula is C60H39N7. The van der Waals surface area contributed by atoms with Gasteiger partial charge in [-0.2, -0.15) is 0 Å². The molecule has 0 aliphatic heterocycles. The van der Waals surface area contributed by atoms with Crippen molar-refractivity contribution in [2.24, 2.45) is 0 Å². The second-order valence-electron chi connectivity index (χ2n) is 16.1. The average Bonchev–Trinajstić information content (AvgIpc) is 3.73. The lowest BCUT2D eigenvalue weighted by Crippen LogP contribution is -2.09. The van der Waals surface area contributed by atoms with Crippen LogP contribution in [0, 0.1) is 13.1 Å². The summed E-state index contributed by atoms with van der Waals surface area (Å²) in [4.78, 5) is 22.0. The summed E-state index contributed by atoms with van der Waals surface area (Å²) in [6.45, 7) is 15.3. The van der Waals surface area contributed by atoms with Crippen LogP contribution in [-0.2, 0) is 0 Å². The van der Waals surface area contributed by atoms with Crippen molar-refractivity contribution in [3.8, 4) is 39.6 Å². The van der Waals surface area contributed by atoms with Crippen LogP contribution in [0.2, 0.25) is 0 Å². The van der Waals surface area contributed by atoms with Crippen molar-refractivity contribution < 1.29 is 0 Å². The first kappa shape index (κ1) is 40.2. The van der Waals surface area contributed by atoms with Gasteiger partial charge in [-0.25, -0.2) is 19.7 Å². The summed E-state index contributed by atoms with van der Waals surface area (Å²) >= 11 is 0. The zero-order valence-electron chi connectivity index (χ0n) is 36.1. The lowest BCUT2D eigenvalue weighted by molar-refractivity contribution is 1.17. The normalized spacial score (nSPS) is 11.0. The molecule has 7 nitrogen and oxygen atoms in total. The lowest BCUT2D eigenvalue weighted by Gasteiger charge is -2.26. The Morgan fingerprint density at radius 1 is 0.343 bits per heavy atom. The Balaban J connectivity index is 1.09. The van der Waals surface area contributed by atoms with Gasteiger partial charge in [-0.15, -0.1) is 0 Å². The molecule has 0 bridgehead atoms. The number of rotatable bonds is 10. The molecular weight excluding hydrogens is 819 g/mol. The smallest absolute Gasteiger partial charge is 0.187 e. The van der Waals surface area contributed by atoms with Crippen molar-refractivity contribution in [2.75, 3.05) is 9.80 Å². The summed E-state index contributed by atoms with van der Waals surface area (Å²) in [5, 5.41) is 2.23. The molecule has 0 aliphatic carbocycles. The Labute approximate surface area is 389 Å². The summed E-state index contributed by atoms with van der Waals surface area (Å²) in [5.41, 5.74) is 14.5. The van der Waals surface area contributed by atoms with Crippen LogP contribution in [0.1, 0.15) is 0 Å². The van der Waals surface area contributed by atoms with Gasteiger partial charge >= 0.3 is 0 Å². The average molecular weight is 858 g/mol. The van der Waals surface area contributed by atoms with E-state index < -0.39 is 0 Å². The maximum atomic E-state index is 7.64. The van der Waals surface area contributed by atoms with Crippen LogP contribution in [0.15, 0.2) is 237 Å². The fourth-order valence-electron chi connectivity index (χ4n) is 8.86. The zero-order valence-corrected chi connectivity index (χ0v) is 36.1. The van der Waals surface area contributed by atoms with Crippen molar-refractivity contribution in [3.05, 3.63) is 259 Å². The van der Waals surface area contributed by atoms with E-state index in [0.717, 1.165) is 84.0 Å². The van der Waals surface area contributed by atoms with Gasteiger partial charge in [0.1, 0.15) is 0 Å². The van der Waals surface area contributed by atoms with E-state index in [4.69, 9.17) is 23.1 Å². The molecule has 11 rings (SSSR count). The number of fused-ring (bicyclic) bond motifs is 3. The monoisotopic (exact) mass is 857 g/mol. The Bertz CT molecular complexity index is 3350. The zero-order chi connectivity index (χ0) is 45.1. The van der Waals surface area contributed by atoms with E-state index >= 15 is 0 Å². The second-order valence-corrected chi connectivity index (χ2v) is 16.1. The van der Waals surface area contributed by atoms with Gasteiger partial charge in [-0.1, -0.05) is 121 Å². The quantitative estimate of drug-likeness (QED) is 0.129. The summed E-state index contributed by atoms with van der Waals surface area (Å²) in [7, 11) is 0. The molecule has 11 aromatic rings. The van der Waals surface area contributed by atoms with E-state index in [1.165, 1.54) is 0 Å². The van der Waals surface area contributed by atoms with Crippen LogP contribution in [0.25, 0.3) is 71.1 Å². The van der Waals surface area contributed by atoms with Crippen molar-refractivity contribution >= 4 is 67.3 Å². The minimum Gasteiger partial charge on any atom is -0.310 e. The van der Waals surface area contributed by atoms with Crippen LogP contribution in [0.4, 0.5) is 45.5 Å². The second kappa shape index (κ2) is 17.5. The third kappa shape index (κ3) is 7.80. The third-order valence-electron chi connectivity index (χ3n) is 12.0. The maximum Gasteiger partial charge on any atom is 0.187 e. The number of nitrogens with zero attached hydrogens (tertiary/aromatic N) is 7. The Hall–Kier alpha value is -9.56. The number of hydrogen-bond donors (Lipinski definition) is 0. The molecule has 0 amide bonds. The van der Waals surface area contributed by atoms with Gasteiger partial charge in [-0.3, -0.25) is 0 Å². The highest BCUT2D eigenvalue weighted by Gasteiger charge is 2.21. The number of para-hydroxylation sites is 4. The van der Waals surface area contributed by atoms with Gasteiger partial charge < -0.3 is 14.4 Å². The highest BCUT2D eigenvalue weighted by Crippen LogP contribution is 2.43. The SMILES string of the molecule is [C-]#[N+]c1cccc(-c2cc(-c3ccc(-n4c5ccc(N(c6ccccc6)c6ccccc6)cc5c5cc(N(c6ccccc6)c6ccccc6)ccc54)cc3)nc(-c3cccc([N+]#[C-])c3)n2)c1. The van der Waals surface area contributed by atoms with Crippen LogP contribution in [0.3, 0.4) is 0 Å². The third-order valence-corrected chi connectivity index (χ3v) is 12.0. The molecule has 7 heteroatoms. The van der Waals surface area contributed by atoms with Crippen LogP contribution < -0.4 is 9.80 Å². The molecule has 0 fully saturated rings. The summed E-state index contributed by atoms with van der Waals surface area (Å²) in [5.74, 6) is 0.504. The molecule has 0 aliphatic rings. The minimum atomic E-state index is 0.504. The predicted octanol–water partition coefficient (Wildman–Crippen LogP) is 16.6. The fourth-order valence-corrected chi connectivity index (χ4v) is 8.86. The van der Waals surface area contributed by atoms with E-state index in [-0.39, 0.29) is 0 Å². The van der Waals surface area contributed by atoms with Gasteiger partial charge in [-0.05, 0) is 121 Å². The molecule has 67 heavy (non-hydrogen) atoms. The van der Waals surface area contributed by atoms with E-state index in [1.807, 2.05) is 42.5 Å². The molecule has 0 spiro atoms. The molecule has 0 radical (unpaired) electrons. The topological polar surface area (TPSA) is 45.9 Å². The summed E-state index contributed by atoms with van der Waals surface area (Å²) < 4.78 is 2.34. The summed E-state index contributed by atoms with van der Waals surface area (Å²) in [6, 6.07) is 80.9. The Kier molecular flexibility index (Phi) is 10.5. The Morgan fingerprint density at radius 3 is 1.21 bits per heavy atom. The molecule has 0 saturated carbocycles. The molecule has 2 aromatic heterocycles. The molecule has 314 valence electrons. The highest BCUT2D eigenvalue weighted by atomic mass is 15.1. The van der Waals surface area contributed by atoms with Crippen molar-refractivity contribution in [2.45, 2.75) is 0 Å². The van der Waals surface area contributed by atoms with Gasteiger partial charge in [0, 0.05) is 61.7 Å². The van der Waals surface area contributed by atoms with E-state index in [2.05, 4.69) is 206 Å². The molecule has 0 saturated heterocycles. The lowest BCUT2D eigenvalue weighted by atomic mass is 10.1. The molecule has 9 aromatic carbocycles. The number of anilines is 6. The van der Waals surface area contributed by atoms with Gasteiger partial charge in [0.05, 0.1) is 35.6 Å². The standard InChI is InChI=1S/C60H39N7/c1-61-45-19-15-17-43(37-45)57-41-56(63-60(64-57)44-18-16-20-46(38-44)62-2)42-29-31-51(32-30-42)67-58-35-33-52(65(47-21-7-3-8-22-47)48-23-9-4-10-24-48)39-54(58)55-40-53(34-36-59(55)67)66(49-25-11-5-12-26-49)50-27-13-6-14-28-50/h3-41H. The predicted molar refractivity (Wildman–Crippen MR) is 275 cm³/mol. The highest BCUT2D eigenvalue weighted by molar-refractivity contribution is 6.12.